The van der Waals surface area contributed by atoms with E-state index in [1.54, 1.807) is 19.9 Å². The van der Waals surface area contributed by atoms with Gasteiger partial charge in [-0.1, -0.05) is 125 Å². The molecule has 1 radical (unpaired) electrons. The molecule has 293 valence electrons. The van der Waals surface area contributed by atoms with Gasteiger partial charge in [-0.05, 0) is 94.8 Å². The Morgan fingerprint density at radius 3 is 2.14 bits per heavy atom. The molecule has 4 nitrogen and oxygen atoms in total. The summed E-state index contributed by atoms with van der Waals surface area (Å²) in [4.78, 5) is 9.42. The first-order valence-electron chi connectivity index (χ1n) is 22.2. The monoisotopic (exact) mass is 941 g/mol. The Morgan fingerprint density at radius 2 is 1.43 bits per heavy atom. The number of rotatable bonds is 8. The minimum Gasteiger partial charge on any atom is -0.501 e. The van der Waals surface area contributed by atoms with Crippen LogP contribution < -0.4 is 0 Å². The van der Waals surface area contributed by atoms with Gasteiger partial charge in [-0.15, -0.1) is 54.1 Å². The maximum absolute atomic E-state index is 8.28. The van der Waals surface area contributed by atoms with Crippen molar-refractivity contribution >= 4 is 33.0 Å². The second kappa shape index (κ2) is 17.5. The van der Waals surface area contributed by atoms with Gasteiger partial charge in [0.1, 0.15) is 5.58 Å². The molecule has 0 saturated heterocycles. The zero-order valence-corrected chi connectivity index (χ0v) is 36.0. The number of nitrogens with zero attached hydrogens (tertiary/aromatic N) is 3. The summed E-state index contributed by atoms with van der Waals surface area (Å²) >= 11 is 0. The van der Waals surface area contributed by atoms with E-state index in [-0.39, 0.29) is 37.2 Å². The molecule has 9 aromatic rings. The Bertz CT molecular complexity index is 3000. The van der Waals surface area contributed by atoms with Crippen molar-refractivity contribution in [2.75, 3.05) is 0 Å². The van der Waals surface area contributed by atoms with E-state index in [0.29, 0.717) is 23.1 Å². The van der Waals surface area contributed by atoms with Gasteiger partial charge in [0, 0.05) is 44.2 Å². The van der Waals surface area contributed by atoms with Gasteiger partial charge in [0.2, 0.25) is 0 Å². The third-order valence-electron chi connectivity index (χ3n) is 10.2. The second-order valence-electron chi connectivity index (χ2n) is 15.3. The summed E-state index contributed by atoms with van der Waals surface area (Å²) in [6, 6.07) is 51.4. The molecule has 0 unspecified atom stereocenters. The molecule has 9 rings (SSSR count). The zero-order chi connectivity index (χ0) is 43.9. The molecule has 0 amide bonds. The van der Waals surface area contributed by atoms with Gasteiger partial charge in [-0.3, -0.25) is 4.98 Å². The predicted octanol–water partition coefficient (Wildman–Crippen LogP) is 14.4. The van der Waals surface area contributed by atoms with Crippen LogP contribution in [0, 0.1) is 24.9 Å². The van der Waals surface area contributed by atoms with E-state index in [0.717, 1.165) is 44.4 Å². The normalized spacial score (nSPS) is 13.2. The fourth-order valence-corrected chi connectivity index (χ4v) is 7.48. The summed E-state index contributed by atoms with van der Waals surface area (Å²) in [6.07, 6.45) is -0.491. The van der Waals surface area contributed by atoms with Crippen LogP contribution in [0.3, 0.4) is 0 Å². The molecule has 0 N–H and O–H groups in total. The number of aryl methyl sites for hydroxylation is 1. The van der Waals surface area contributed by atoms with Crippen LogP contribution in [0.1, 0.15) is 82.5 Å². The molecule has 5 heteroatoms. The van der Waals surface area contributed by atoms with Gasteiger partial charge in [-0.2, -0.15) is 0 Å². The average molecular weight is 941 g/mol. The van der Waals surface area contributed by atoms with Crippen LogP contribution in [0.4, 0.5) is 0 Å². The van der Waals surface area contributed by atoms with E-state index in [1.807, 2.05) is 36.4 Å². The van der Waals surface area contributed by atoms with E-state index in [4.69, 9.17) is 16.3 Å². The van der Waals surface area contributed by atoms with E-state index < -0.39 is 13.2 Å². The van der Waals surface area contributed by atoms with Crippen molar-refractivity contribution in [3.63, 3.8) is 0 Å². The molecule has 0 aliphatic carbocycles. The number of imidazole rings is 1. The smallest absolute Gasteiger partial charge is 0.120 e. The summed E-state index contributed by atoms with van der Waals surface area (Å²) in [5.41, 5.74) is 12.2. The molecule has 3 aromatic heterocycles. The molecule has 6 aromatic carbocycles. The van der Waals surface area contributed by atoms with E-state index in [9.17, 15) is 0 Å². The first-order chi connectivity index (χ1) is 29.6. The number of para-hydroxylation sites is 3. The molecule has 0 aliphatic heterocycles. The van der Waals surface area contributed by atoms with Crippen LogP contribution in [0.5, 0.6) is 0 Å². The first-order valence-corrected chi connectivity index (χ1v) is 19.7. The van der Waals surface area contributed by atoms with E-state index in [2.05, 4.69) is 134 Å². The van der Waals surface area contributed by atoms with Crippen molar-refractivity contribution in [3.05, 3.63) is 174 Å². The van der Waals surface area contributed by atoms with Crippen LogP contribution in [0.2, 0.25) is 0 Å². The third-order valence-corrected chi connectivity index (χ3v) is 10.2. The summed E-state index contributed by atoms with van der Waals surface area (Å²) in [5, 5.41) is 2.18. The number of fused-ring (bicyclic) bond motifs is 4. The number of pyridine rings is 1. The Hall–Kier alpha value is -5.61. The Morgan fingerprint density at radius 1 is 0.724 bits per heavy atom. The number of furan rings is 1. The van der Waals surface area contributed by atoms with Crippen LogP contribution >= 0.6 is 0 Å². The van der Waals surface area contributed by atoms with Crippen molar-refractivity contribution in [1.29, 1.82) is 0 Å². The first kappa shape index (κ1) is 34.4. The third kappa shape index (κ3) is 8.07. The largest absolute Gasteiger partial charge is 0.501 e. The van der Waals surface area contributed by atoms with Gasteiger partial charge < -0.3 is 14.0 Å². The quantitative estimate of drug-likeness (QED) is 0.143. The molecular formula is C53H49IrN3O-2. The summed E-state index contributed by atoms with van der Waals surface area (Å²) < 4.78 is 48.3. The zero-order valence-electron chi connectivity index (χ0n) is 38.6. The Kier molecular flexibility index (Phi) is 10.4. The van der Waals surface area contributed by atoms with Crippen molar-refractivity contribution in [3.8, 4) is 39.5 Å². The molecule has 0 spiro atoms. The van der Waals surface area contributed by atoms with Crippen molar-refractivity contribution in [1.82, 2.24) is 14.5 Å². The van der Waals surface area contributed by atoms with Gasteiger partial charge in [0.05, 0.1) is 22.4 Å². The number of benzene rings is 6. The molecule has 3 heterocycles. The number of aromatic nitrogens is 3. The minimum atomic E-state index is -2.40. The minimum absolute atomic E-state index is 0. The maximum Gasteiger partial charge on any atom is 0.120 e. The van der Waals surface area contributed by atoms with Crippen LogP contribution in [-0.2, 0) is 26.5 Å². The van der Waals surface area contributed by atoms with Crippen molar-refractivity contribution < 1.29 is 31.4 Å². The molecule has 58 heavy (non-hydrogen) atoms. The maximum atomic E-state index is 8.28. The second-order valence-corrected chi connectivity index (χ2v) is 15.3. The molecule has 0 bridgehead atoms. The van der Waals surface area contributed by atoms with Gasteiger partial charge in [0.25, 0.3) is 0 Å². The van der Waals surface area contributed by atoms with E-state index >= 15 is 0 Å². The van der Waals surface area contributed by atoms with Crippen molar-refractivity contribution in [2.45, 2.75) is 66.6 Å². The van der Waals surface area contributed by atoms with E-state index in [1.165, 1.54) is 40.2 Å². The fraction of sp³-hybridized carbons (Fsp3) is 0.208. The summed E-state index contributed by atoms with van der Waals surface area (Å²) in [5.74, 6) is 1.10. The average Bonchev–Trinajstić information content (AvgIpc) is 3.85. The Labute approximate surface area is 363 Å². The van der Waals surface area contributed by atoms with Crippen molar-refractivity contribution in [2.24, 2.45) is 5.92 Å². The fourth-order valence-electron chi connectivity index (χ4n) is 7.48. The van der Waals surface area contributed by atoms with Gasteiger partial charge in [-0.25, -0.2) is 0 Å². The molecule has 0 aliphatic rings. The summed E-state index contributed by atoms with van der Waals surface area (Å²) in [7, 11) is 0. The topological polar surface area (TPSA) is 43.9 Å². The Balaban J connectivity index is 0.000000221. The van der Waals surface area contributed by atoms with Gasteiger partial charge >= 0.3 is 0 Å². The molecule has 0 atom stereocenters. The molecule has 0 saturated carbocycles. The van der Waals surface area contributed by atoms with Crippen LogP contribution in [-0.4, -0.2) is 14.5 Å². The predicted molar refractivity (Wildman–Crippen MR) is 238 cm³/mol. The molecule has 0 fully saturated rings. The number of hydrogen-bond acceptors (Lipinski definition) is 3. The number of hydrogen-bond donors (Lipinski definition) is 0. The standard InChI is InChI=1S/C37H31N2O.C16H18N.Ir/c1-23(2)30-21-26(25-13-6-5-7-14-25)22-31(24(3)4)35(30)39-33-19-10-9-18-32(33)38-37(39)29-17-12-16-28-27-15-8-11-20-34(27)40-36(28)29;1-12(2)9-15-10-16(17-11-13(15)3)14-7-5-4-6-8-14;/h5-16,18-24H,1-4H3;4-7,10-12H,9H2,1-3H3;/q2*-1;/i;3D3,9D2;. The van der Waals surface area contributed by atoms with Crippen LogP contribution in [0.25, 0.3) is 72.4 Å². The molecular weight excluding hydrogens is 887 g/mol. The SMILES string of the molecule is CC(C)c1cc(-c2ccccc2)cc(C(C)C)c1-n1c(-c2[c-]ccc3c2oc2ccccc23)nc2ccccc21.[2H]C([2H])([2H])c1cnc(-c2[c-]cccc2)cc1C([2H])([2H])C(C)C.[Ir]. The summed E-state index contributed by atoms with van der Waals surface area (Å²) in [6.45, 7) is 10.2. The van der Waals surface area contributed by atoms with Crippen LogP contribution in [0.15, 0.2) is 144 Å². The van der Waals surface area contributed by atoms with Gasteiger partial charge in [0.15, 0.2) is 0 Å².